The molecule has 0 aromatic heterocycles. The fourth-order valence-electron chi connectivity index (χ4n) is 2.86. The molecule has 6 nitrogen and oxygen atoms in total. The van der Waals surface area contributed by atoms with Gasteiger partial charge < -0.3 is 26.6 Å². The predicted octanol–water partition coefficient (Wildman–Crippen LogP) is -1.14. The maximum atomic E-state index is 10.9. The molecule has 7 heteroatoms. The standard InChI is InChI=1S/C10H21BN2O4/c12-4-8(9(5-13)11(16)17)6-1-2-7(3-6)10(14)15/h6-9,16-17H,1-5,12-13H2,(H,14,15)/t6?,7?,8-,9-/m1/s1. The number of rotatable bonds is 6. The van der Waals surface area contributed by atoms with E-state index in [-0.39, 0.29) is 24.3 Å². The minimum absolute atomic E-state index is 0.121. The summed E-state index contributed by atoms with van der Waals surface area (Å²) in [5.74, 6) is -1.58. The van der Waals surface area contributed by atoms with Crippen LogP contribution in [0.5, 0.6) is 0 Å². The summed E-state index contributed by atoms with van der Waals surface area (Å²) in [6, 6.07) is 0. The zero-order valence-electron chi connectivity index (χ0n) is 9.83. The lowest BCUT2D eigenvalue weighted by molar-refractivity contribution is -0.141. The molecule has 0 bridgehead atoms. The first-order valence-corrected chi connectivity index (χ1v) is 6.00. The Bertz CT molecular complexity index is 265. The molecule has 0 spiro atoms. The lowest BCUT2D eigenvalue weighted by Gasteiger charge is -2.29. The fourth-order valence-corrected chi connectivity index (χ4v) is 2.86. The molecule has 1 fully saturated rings. The van der Waals surface area contributed by atoms with Crippen molar-refractivity contribution in [3.63, 3.8) is 0 Å². The van der Waals surface area contributed by atoms with Crippen LogP contribution in [0, 0.1) is 17.8 Å². The van der Waals surface area contributed by atoms with Gasteiger partial charge >= 0.3 is 13.1 Å². The summed E-state index contributed by atoms with van der Waals surface area (Å²) in [6.45, 7) is 0.449. The van der Waals surface area contributed by atoms with E-state index in [2.05, 4.69) is 0 Å². The fraction of sp³-hybridized carbons (Fsp3) is 0.900. The van der Waals surface area contributed by atoms with Crippen molar-refractivity contribution in [3.05, 3.63) is 0 Å². The molecule has 0 aromatic rings. The molecule has 0 amide bonds. The van der Waals surface area contributed by atoms with Crippen molar-refractivity contribution < 1.29 is 19.9 Å². The first-order valence-electron chi connectivity index (χ1n) is 6.00. The normalized spacial score (nSPS) is 27.8. The van der Waals surface area contributed by atoms with Crippen LogP contribution < -0.4 is 11.5 Å². The smallest absolute Gasteiger partial charge is 0.456 e. The van der Waals surface area contributed by atoms with Crippen LogP contribution in [0.15, 0.2) is 0 Å². The molecule has 0 aliphatic heterocycles. The quantitative estimate of drug-likeness (QED) is 0.375. The van der Waals surface area contributed by atoms with Crippen LogP contribution in [0.25, 0.3) is 0 Å². The first-order chi connectivity index (χ1) is 8.01. The molecule has 1 rings (SSSR count). The van der Waals surface area contributed by atoms with Gasteiger partial charge in [-0.1, -0.05) is 0 Å². The minimum atomic E-state index is -1.49. The van der Waals surface area contributed by atoms with Crippen LogP contribution in [0.3, 0.4) is 0 Å². The number of carbonyl (C=O) groups is 1. The Morgan fingerprint density at radius 1 is 1.29 bits per heavy atom. The first kappa shape index (κ1) is 14.4. The van der Waals surface area contributed by atoms with Crippen molar-refractivity contribution in [2.45, 2.75) is 25.1 Å². The SMILES string of the molecule is NC[C@H](C1CCC(C(=O)O)C1)[C@@H](CN)B(O)O. The van der Waals surface area contributed by atoms with Crippen molar-refractivity contribution in [2.24, 2.45) is 29.2 Å². The van der Waals surface area contributed by atoms with Crippen molar-refractivity contribution in [3.8, 4) is 0 Å². The molecule has 7 N–H and O–H groups in total. The maximum absolute atomic E-state index is 10.9. The van der Waals surface area contributed by atoms with E-state index in [0.29, 0.717) is 19.4 Å². The van der Waals surface area contributed by atoms with Gasteiger partial charge in [0.15, 0.2) is 0 Å². The van der Waals surface area contributed by atoms with Crippen LogP contribution in [-0.4, -0.2) is 41.3 Å². The zero-order valence-corrected chi connectivity index (χ0v) is 9.83. The Kier molecular flexibility index (Phi) is 5.39. The third-order valence-electron chi connectivity index (χ3n) is 3.91. The van der Waals surface area contributed by atoms with Crippen LogP contribution in [0.4, 0.5) is 0 Å². The van der Waals surface area contributed by atoms with E-state index in [4.69, 9.17) is 16.6 Å². The third kappa shape index (κ3) is 3.42. The lowest BCUT2D eigenvalue weighted by atomic mass is 9.61. The van der Waals surface area contributed by atoms with Crippen molar-refractivity contribution in [1.82, 2.24) is 0 Å². The molecule has 1 aliphatic carbocycles. The number of aliphatic carboxylic acids is 1. The molecule has 98 valence electrons. The zero-order chi connectivity index (χ0) is 13.0. The molecule has 0 radical (unpaired) electrons. The predicted molar refractivity (Wildman–Crippen MR) is 64.0 cm³/mol. The Morgan fingerprint density at radius 3 is 2.29 bits per heavy atom. The summed E-state index contributed by atoms with van der Waals surface area (Å²) in [5, 5.41) is 27.4. The van der Waals surface area contributed by atoms with Gasteiger partial charge in [0.1, 0.15) is 0 Å². The average molecular weight is 244 g/mol. The maximum Gasteiger partial charge on any atom is 0.456 e. The van der Waals surface area contributed by atoms with Gasteiger partial charge in [-0.2, -0.15) is 0 Å². The van der Waals surface area contributed by atoms with Crippen molar-refractivity contribution in [2.75, 3.05) is 13.1 Å². The topological polar surface area (TPSA) is 130 Å². The summed E-state index contributed by atoms with van der Waals surface area (Å²) in [4.78, 5) is 10.9. The molecule has 0 saturated heterocycles. The van der Waals surface area contributed by atoms with Gasteiger partial charge in [-0.25, -0.2) is 0 Å². The van der Waals surface area contributed by atoms with Crippen LogP contribution in [0.1, 0.15) is 19.3 Å². The highest BCUT2D eigenvalue weighted by atomic mass is 16.4. The molecule has 2 unspecified atom stereocenters. The van der Waals surface area contributed by atoms with Gasteiger partial charge in [0.05, 0.1) is 5.92 Å². The Hall–Kier alpha value is -0.625. The van der Waals surface area contributed by atoms with Gasteiger partial charge in [-0.3, -0.25) is 4.79 Å². The van der Waals surface area contributed by atoms with E-state index in [0.717, 1.165) is 6.42 Å². The second kappa shape index (κ2) is 6.35. The summed E-state index contributed by atoms with van der Waals surface area (Å²) >= 11 is 0. The van der Waals surface area contributed by atoms with Gasteiger partial charge in [0.2, 0.25) is 0 Å². The van der Waals surface area contributed by atoms with Gasteiger partial charge in [-0.05, 0) is 44.2 Å². The van der Waals surface area contributed by atoms with E-state index in [9.17, 15) is 14.8 Å². The molecular weight excluding hydrogens is 223 g/mol. The molecule has 1 aliphatic rings. The molecular formula is C10H21BN2O4. The van der Waals surface area contributed by atoms with Gasteiger partial charge in [0, 0.05) is 5.82 Å². The van der Waals surface area contributed by atoms with Crippen LogP contribution in [-0.2, 0) is 4.79 Å². The molecule has 0 heterocycles. The second-order valence-corrected chi connectivity index (χ2v) is 4.82. The summed E-state index contributed by atoms with van der Waals surface area (Å²) in [6.07, 6.45) is 1.96. The molecule has 17 heavy (non-hydrogen) atoms. The van der Waals surface area contributed by atoms with Gasteiger partial charge in [0.25, 0.3) is 0 Å². The van der Waals surface area contributed by atoms with E-state index in [1.807, 2.05) is 0 Å². The largest absolute Gasteiger partial charge is 0.481 e. The second-order valence-electron chi connectivity index (χ2n) is 4.82. The molecule has 4 atom stereocenters. The summed E-state index contributed by atoms with van der Waals surface area (Å²) in [5.41, 5.74) is 11.2. The van der Waals surface area contributed by atoms with E-state index in [1.54, 1.807) is 0 Å². The average Bonchev–Trinajstić information content (AvgIpc) is 2.74. The van der Waals surface area contributed by atoms with E-state index < -0.39 is 18.9 Å². The van der Waals surface area contributed by atoms with E-state index >= 15 is 0 Å². The highest BCUT2D eigenvalue weighted by Crippen LogP contribution is 2.40. The van der Waals surface area contributed by atoms with Crippen molar-refractivity contribution >= 4 is 13.1 Å². The highest BCUT2D eigenvalue weighted by molar-refractivity contribution is 6.43. The number of hydrogen-bond donors (Lipinski definition) is 5. The van der Waals surface area contributed by atoms with Crippen molar-refractivity contribution in [1.29, 1.82) is 0 Å². The third-order valence-corrected chi connectivity index (χ3v) is 3.91. The highest BCUT2D eigenvalue weighted by Gasteiger charge is 2.40. The number of carboxylic acid groups (broad SMARTS) is 1. The molecule has 0 aromatic carbocycles. The number of hydrogen-bond acceptors (Lipinski definition) is 5. The Labute approximate surface area is 101 Å². The van der Waals surface area contributed by atoms with Gasteiger partial charge in [-0.15, -0.1) is 0 Å². The summed E-state index contributed by atoms with van der Waals surface area (Å²) in [7, 11) is -1.49. The lowest BCUT2D eigenvalue weighted by Crippen LogP contribution is -2.39. The number of carboxylic acids is 1. The van der Waals surface area contributed by atoms with Crippen LogP contribution >= 0.6 is 0 Å². The van der Waals surface area contributed by atoms with E-state index in [1.165, 1.54) is 0 Å². The minimum Gasteiger partial charge on any atom is -0.481 e. The Balaban J connectivity index is 2.65. The number of nitrogens with two attached hydrogens (primary N) is 2. The molecule has 1 saturated carbocycles. The Morgan fingerprint density at radius 2 is 1.94 bits per heavy atom. The van der Waals surface area contributed by atoms with Crippen LogP contribution in [0.2, 0.25) is 5.82 Å². The monoisotopic (exact) mass is 244 g/mol. The summed E-state index contributed by atoms with van der Waals surface area (Å²) < 4.78 is 0.